The number of carbonyl (C=O) groups is 2. The van der Waals surface area contributed by atoms with Crippen molar-refractivity contribution in [3.8, 4) is 5.75 Å². The number of ketones is 1. The molecule has 0 aliphatic carbocycles. The summed E-state index contributed by atoms with van der Waals surface area (Å²) in [5.41, 5.74) is 0.452. The van der Waals surface area contributed by atoms with Crippen molar-refractivity contribution >= 4 is 17.4 Å². The lowest BCUT2D eigenvalue weighted by Gasteiger charge is -2.24. The fourth-order valence-corrected chi connectivity index (χ4v) is 3.62. The van der Waals surface area contributed by atoms with Gasteiger partial charge in [0, 0.05) is 12.1 Å². The predicted molar refractivity (Wildman–Crippen MR) is 113 cm³/mol. The van der Waals surface area contributed by atoms with Crippen molar-refractivity contribution in [2.24, 2.45) is 0 Å². The smallest absolute Gasteiger partial charge is 0.295 e. The van der Waals surface area contributed by atoms with Gasteiger partial charge in [-0.05, 0) is 65.2 Å². The molecule has 1 aliphatic rings. The van der Waals surface area contributed by atoms with Crippen molar-refractivity contribution in [2.75, 3.05) is 33.8 Å². The number of rotatable bonds is 8. The van der Waals surface area contributed by atoms with Crippen LogP contribution in [0.4, 0.5) is 0 Å². The summed E-state index contributed by atoms with van der Waals surface area (Å²) in [5.74, 6) is 0.131. The Hall–Kier alpha value is -3.06. The second kappa shape index (κ2) is 9.17. The SMILES string of the molecule is CCOc1cccc(/C(O)=C2\C(=O)C(=O)N(CCCN(C)C)C2c2ccc(C)o2)c1. The van der Waals surface area contributed by atoms with Gasteiger partial charge in [0.25, 0.3) is 11.7 Å². The molecule has 0 spiro atoms. The monoisotopic (exact) mass is 412 g/mol. The Bertz CT molecular complexity index is 960. The molecule has 7 heteroatoms. The summed E-state index contributed by atoms with van der Waals surface area (Å²) in [4.78, 5) is 29.3. The maximum atomic E-state index is 12.9. The van der Waals surface area contributed by atoms with Crippen molar-refractivity contribution in [1.29, 1.82) is 0 Å². The van der Waals surface area contributed by atoms with Gasteiger partial charge in [-0.2, -0.15) is 0 Å². The van der Waals surface area contributed by atoms with E-state index < -0.39 is 17.7 Å². The van der Waals surface area contributed by atoms with Crippen LogP contribution in [0.2, 0.25) is 0 Å². The van der Waals surface area contributed by atoms with Gasteiger partial charge in [-0.15, -0.1) is 0 Å². The minimum atomic E-state index is -0.767. The molecule has 0 bridgehead atoms. The lowest BCUT2D eigenvalue weighted by atomic mass is 9.99. The van der Waals surface area contributed by atoms with E-state index in [9.17, 15) is 14.7 Å². The van der Waals surface area contributed by atoms with Crippen LogP contribution in [0.3, 0.4) is 0 Å². The molecule has 1 N–H and O–H groups in total. The van der Waals surface area contributed by atoms with Gasteiger partial charge in [-0.1, -0.05) is 12.1 Å². The van der Waals surface area contributed by atoms with Gasteiger partial charge in [-0.3, -0.25) is 9.59 Å². The van der Waals surface area contributed by atoms with Crippen LogP contribution in [0.5, 0.6) is 5.75 Å². The number of aryl methyl sites for hydroxylation is 1. The minimum Gasteiger partial charge on any atom is -0.507 e. The molecule has 1 aromatic carbocycles. The van der Waals surface area contributed by atoms with E-state index >= 15 is 0 Å². The zero-order chi connectivity index (χ0) is 21.8. The molecule has 1 fully saturated rings. The Balaban J connectivity index is 2.06. The summed E-state index contributed by atoms with van der Waals surface area (Å²) in [6.45, 7) is 5.29. The van der Waals surface area contributed by atoms with Crippen LogP contribution in [0.1, 0.15) is 36.5 Å². The zero-order valence-corrected chi connectivity index (χ0v) is 17.8. The lowest BCUT2D eigenvalue weighted by molar-refractivity contribution is -0.140. The van der Waals surface area contributed by atoms with Crippen molar-refractivity contribution in [3.05, 3.63) is 59.1 Å². The summed E-state index contributed by atoms with van der Waals surface area (Å²) < 4.78 is 11.3. The van der Waals surface area contributed by atoms with Gasteiger partial charge >= 0.3 is 0 Å². The van der Waals surface area contributed by atoms with E-state index in [4.69, 9.17) is 9.15 Å². The molecule has 7 nitrogen and oxygen atoms in total. The highest BCUT2D eigenvalue weighted by atomic mass is 16.5. The number of amides is 1. The molecule has 2 aromatic rings. The first-order valence-electron chi connectivity index (χ1n) is 10.1. The number of aliphatic hydroxyl groups excluding tert-OH is 1. The van der Waals surface area contributed by atoms with Gasteiger partial charge < -0.3 is 24.1 Å². The second-order valence-corrected chi connectivity index (χ2v) is 7.56. The maximum absolute atomic E-state index is 12.9. The lowest BCUT2D eigenvalue weighted by Crippen LogP contribution is -2.32. The molecule has 0 radical (unpaired) electrons. The van der Waals surface area contributed by atoms with E-state index in [-0.39, 0.29) is 11.3 Å². The second-order valence-electron chi connectivity index (χ2n) is 7.56. The van der Waals surface area contributed by atoms with Crippen LogP contribution in [0.25, 0.3) is 5.76 Å². The molecular formula is C23H28N2O5. The van der Waals surface area contributed by atoms with E-state index in [0.717, 1.165) is 6.54 Å². The summed E-state index contributed by atoms with van der Waals surface area (Å²) in [7, 11) is 3.90. The van der Waals surface area contributed by atoms with E-state index in [0.29, 0.717) is 42.4 Å². The molecular weight excluding hydrogens is 384 g/mol. The molecule has 2 heterocycles. The van der Waals surface area contributed by atoms with Crippen molar-refractivity contribution in [2.45, 2.75) is 26.3 Å². The third kappa shape index (κ3) is 4.41. The zero-order valence-electron chi connectivity index (χ0n) is 17.8. The van der Waals surface area contributed by atoms with Crippen LogP contribution in [-0.4, -0.2) is 60.4 Å². The highest BCUT2D eigenvalue weighted by Crippen LogP contribution is 2.40. The number of ether oxygens (including phenoxy) is 1. The van der Waals surface area contributed by atoms with Gasteiger partial charge in [0.2, 0.25) is 0 Å². The van der Waals surface area contributed by atoms with Gasteiger partial charge in [0.15, 0.2) is 0 Å². The van der Waals surface area contributed by atoms with E-state index in [1.165, 1.54) is 4.90 Å². The standard InChI is InChI=1S/C23H28N2O5/c1-5-29-17-9-6-8-16(14-17)21(26)19-20(18-11-10-15(2)30-18)25(23(28)22(19)27)13-7-12-24(3)4/h6,8-11,14,20,26H,5,7,12-13H2,1-4H3/b21-19+. The summed E-state index contributed by atoms with van der Waals surface area (Å²) in [6.07, 6.45) is 0.691. The molecule has 30 heavy (non-hydrogen) atoms. The topological polar surface area (TPSA) is 83.2 Å². The molecule has 3 rings (SSSR count). The number of carbonyl (C=O) groups excluding carboxylic acids is 2. The molecule has 1 aliphatic heterocycles. The molecule has 1 saturated heterocycles. The normalized spacial score (nSPS) is 18.4. The largest absolute Gasteiger partial charge is 0.507 e. The number of Topliss-reactive ketones (excluding diaryl/α,β-unsaturated/α-hetero) is 1. The Kier molecular flexibility index (Phi) is 6.62. The van der Waals surface area contributed by atoms with E-state index in [1.54, 1.807) is 43.3 Å². The molecule has 1 amide bonds. The van der Waals surface area contributed by atoms with Crippen molar-refractivity contribution in [3.63, 3.8) is 0 Å². The van der Waals surface area contributed by atoms with Crippen molar-refractivity contribution in [1.82, 2.24) is 9.80 Å². The van der Waals surface area contributed by atoms with Crippen LogP contribution < -0.4 is 4.74 Å². The highest BCUT2D eigenvalue weighted by Gasteiger charge is 2.47. The number of hydrogen-bond acceptors (Lipinski definition) is 6. The first-order chi connectivity index (χ1) is 14.3. The Labute approximate surface area is 176 Å². The maximum Gasteiger partial charge on any atom is 0.295 e. The summed E-state index contributed by atoms with van der Waals surface area (Å²) in [6, 6.07) is 9.60. The number of furan rings is 1. The first kappa shape index (κ1) is 21.6. The number of aliphatic hydroxyl groups is 1. The average molecular weight is 412 g/mol. The molecule has 1 aromatic heterocycles. The van der Waals surface area contributed by atoms with Gasteiger partial charge in [0.05, 0.1) is 12.2 Å². The van der Waals surface area contributed by atoms with Crippen LogP contribution >= 0.6 is 0 Å². The Morgan fingerprint density at radius 2 is 2.00 bits per heavy atom. The van der Waals surface area contributed by atoms with Crippen LogP contribution in [0, 0.1) is 6.92 Å². The fourth-order valence-electron chi connectivity index (χ4n) is 3.62. The van der Waals surface area contributed by atoms with Gasteiger partial charge in [-0.25, -0.2) is 0 Å². The Morgan fingerprint density at radius 3 is 2.63 bits per heavy atom. The summed E-state index contributed by atoms with van der Waals surface area (Å²) >= 11 is 0. The van der Waals surface area contributed by atoms with Crippen LogP contribution in [-0.2, 0) is 9.59 Å². The number of benzene rings is 1. The fraction of sp³-hybridized carbons (Fsp3) is 0.391. The molecule has 1 atom stereocenters. The number of nitrogens with zero attached hydrogens (tertiary/aromatic N) is 2. The highest BCUT2D eigenvalue weighted by molar-refractivity contribution is 6.46. The first-order valence-corrected chi connectivity index (χ1v) is 10.1. The number of likely N-dealkylation sites (tertiary alicyclic amines) is 1. The average Bonchev–Trinajstić information content (AvgIpc) is 3.24. The summed E-state index contributed by atoms with van der Waals surface area (Å²) in [5, 5.41) is 11.0. The Morgan fingerprint density at radius 1 is 1.23 bits per heavy atom. The van der Waals surface area contributed by atoms with Gasteiger partial charge in [0.1, 0.15) is 29.1 Å². The minimum absolute atomic E-state index is 0.0350. The van der Waals surface area contributed by atoms with Crippen molar-refractivity contribution < 1.29 is 23.8 Å². The molecule has 160 valence electrons. The predicted octanol–water partition coefficient (Wildman–Crippen LogP) is 3.36. The quantitative estimate of drug-likeness (QED) is 0.407. The molecule has 0 saturated carbocycles. The molecule has 1 unspecified atom stereocenters. The van der Waals surface area contributed by atoms with E-state index in [2.05, 4.69) is 0 Å². The third-order valence-electron chi connectivity index (χ3n) is 4.99. The third-order valence-corrected chi connectivity index (χ3v) is 4.99. The van der Waals surface area contributed by atoms with E-state index in [1.807, 2.05) is 25.9 Å². The van der Waals surface area contributed by atoms with Crippen LogP contribution in [0.15, 0.2) is 46.4 Å². The number of hydrogen-bond donors (Lipinski definition) is 1.